The fourth-order valence-corrected chi connectivity index (χ4v) is 3.83. The van der Waals surface area contributed by atoms with Crippen LogP contribution in [0.3, 0.4) is 0 Å². The standard InChI is InChI=1S/C23H25ClN2O4/c1-15(25-22(28)19-5-3-4-6-20(19)24)23(29)26-13-11-17(12-14-26)21(27)16-7-9-18(30-2)10-8-16/h3-10,15,17H,11-14H2,1-2H3,(H,25,28)/t15-/m1/s1. The Morgan fingerprint density at radius 1 is 1.07 bits per heavy atom. The van der Waals surface area contributed by atoms with Gasteiger partial charge in [0.05, 0.1) is 17.7 Å². The van der Waals surface area contributed by atoms with Gasteiger partial charge < -0.3 is 15.0 Å². The number of piperidine rings is 1. The number of nitrogens with zero attached hydrogens (tertiary/aromatic N) is 1. The van der Waals surface area contributed by atoms with Crippen LogP contribution in [0, 0.1) is 5.92 Å². The average Bonchev–Trinajstić information content (AvgIpc) is 2.78. The number of hydrogen-bond acceptors (Lipinski definition) is 4. The fraction of sp³-hybridized carbons (Fsp3) is 0.348. The molecule has 6 nitrogen and oxygen atoms in total. The van der Waals surface area contributed by atoms with Crippen molar-refractivity contribution in [3.05, 3.63) is 64.7 Å². The highest BCUT2D eigenvalue weighted by molar-refractivity contribution is 6.33. The summed E-state index contributed by atoms with van der Waals surface area (Å²) in [6, 6.07) is 13.1. The lowest BCUT2D eigenvalue weighted by Gasteiger charge is -2.33. The number of amides is 2. The zero-order chi connectivity index (χ0) is 21.7. The minimum atomic E-state index is -0.678. The third-order valence-corrected chi connectivity index (χ3v) is 5.72. The lowest BCUT2D eigenvalue weighted by molar-refractivity contribution is -0.134. The van der Waals surface area contributed by atoms with Crippen LogP contribution in [0.25, 0.3) is 0 Å². The van der Waals surface area contributed by atoms with Crippen LogP contribution in [-0.2, 0) is 4.79 Å². The van der Waals surface area contributed by atoms with E-state index in [0.29, 0.717) is 47.8 Å². The van der Waals surface area contributed by atoms with Crippen LogP contribution in [0.1, 0.15) is 40.5 Å². The molecule has 0 bridgehead atoms. The van der Waals surface area contributed by atoms with Crippen molar-refractivity contribution >= 4 is 29.2 Å². The number of ketones is 1. The third-order valence-electron chi connectivity index (χ3n) is 5.39. The molecule has 0 spiro atoms. The second kappa shape index (κ2) is 9.76. The van der Waals surface area contributed by atoms with Crippen molar-refractivity contribution in [2.75, 3.05) is 20.2 Å². The average molecular weight is 429 g/mol. The summed E-state index contributed by atoms with van der Waals surface area (Å²) in [5, 5.41) is 3.05. The molecular formula is C23H25ClN2O4. The van der Waals surface area contributed by atoms with Gasteiger partial charge in [-0.15, -0.1) is 0 Å². The highest BCUT2D eigenvalue weighted by atomic mass is 35.5. The van der Waals surface area contributed by atoms with Crippen molar-refractivity contribution in [2.45, 2.75) is 25.8 Å². The molecular weight excluding hydrogens is 404 g/mol. The van der Waals surface area contributed by atoms with E-state index in [2.05, 4.69) is 5.32 Å². The van der Waals surface area contributed by atoms with Crippen LogP contribution < -0.4 is 10.1 Å². The summed E-state index contributed by atoms with van der Waals surface area (Å²) in [5.74, 6) is 0.136. The Morgan fingerprint density at radius 2 is 1.70 bits per heavy atom. The quantitative estimate of drug-likeness (QED) is 0.713. The Morgan fingerprint density at radius 3 is 2.30 bits per heavy atom. The van der Waals surface area contributed by atoms with Crippen molar-refractivity contribution in [2.24, 2.45) is 5.92 Å². The van der Waals surface area contributed by atoms with E-state index in [4.69, 9.17) is 16.3 Å². The molecule has 2 aromatic carbocycles. The molecule has 1 aliphatic rings. The molecule has 1 N–H and O–H groups in total. The predicted octanol–water partition coefficient (Wildman–Crippen LogP) is 3.59. The lowest BCUT2D eigenvalue weighted by atomic mass is 9.88. The van der Waals surface area contributed by atoms with E-state index in [-0.39, 0.29) is 23.5 Å². The number of ether oxygens (including phenoxy) is 1. The highest BCUT2D eigenvalue weighted by Gasteiger charge is 2.30. The molecule has 1 saturated heterocycles. The van der Waals surface area contributed by atoms with Crippen LogP contribution in [0.5, 0.6) is 5.75 Å². The zero-order valence-corrected chi connectivity index (χ0v) is 17.8. The normalized spacial score (nSPS) is 15.4. The van der Waals surface area contributed by atoms with E-state index in [1.165, 1.54) is 0 Å². The Labute approximate surface area is 181 Å². The molecule has 0 aromatic heterocycles. The maximum atomic E-state index is 12.7. The van der Waals surface area contributed by atoms with Crippen LogP contribution >= 0.6 is 11.6 Å². The SMILES string of the molecule is COc1ccc(C(=O)C2CCN(C(=O)[C@@H](C)NC(=O)c3ccccc3Cl)CC2)cc1. The van der Waals surface area contributed by atoms with Crippen LogP contribution in [0.2, 0.25) is 5.02 Å². The summed E-state index contributed by atoms with van der Waals surface area (Å²) in [4.78, 5) is 39.6. The first kappa shape index (κ1) is 21.8. The molecule has 0 unspecified atom stereocenters. The summed E-state index contributed by atoms with van der Waals surface area (Å²) in [6.07, 6.45) is 1.20. The summed E-state index contributed by atoms with van der Waals surface area (Å²) in [7, 11) is 1.58. The predicted molar refractivity (Wildman–Crippen MR) is 115 cm³/mol. The Bertz CT molecular complexity index is 921. The number of Topliss-reactive ketones (excluding diaryl/α,β-unsaturated/α-hetero) is 1. The van der Waals surface area contributed by atoms with Crippen molar-refractivity contribution in [3.8, 4) is 5.75 Å². The van der Waals surface area contributed by atoms with Crippen molar-refractivity contribution < 1.29 is 19.1 Å². The summed E-state index contributed by atoms with van der Waals surface area (Å²) in [5.41, 5.74) is 0.989. The minimum absolute atomic E-state index is 0.0878. The molecule has 1 aliphatic heterocycles. The Balaban J connectivity index is 1.53. The summed E-state index contributed by atoms with van der Waals surface area (Å²) >= 11 is 6.05. The summed E-state index contributed by atoms with van der Waals surface area (Å²) in [6.45, 7) is 2.63. The Kier molecular flexibility index (Phi) is 7.11. The monoisotopic (exact) mass is 428 g/mol. The number of likely N-dealkylation sites (tertiary alicyclic amines) is 1. The molecule has 0 aliphatic carbocycles. The number of halogens is 1. The van der Waals surface area contributed by atoms with Gasteiger partial charge in [-0.25, -0.2) is 0 Å². The first-order valence-electron chi connectivity index (χ1n) is 9.93. The Hall–Kier alpha value is -2.86. The third kappa shape index (κ3) is 5.00. The van der Waals surface area contributed by atoms with Gasteiger partial charge in [0.1, 0.15) is 11.8 Å². The van der Waals surface area contributed by atoms with Gasteiger partial charge in [0, 0.05) is 24.6 Å². The van der Waals surface area contributed by atoms with Gasteiger partial charge in [0.25, 0.3) is 5.91 Å². The van der Waals surface area contributed by atoms with Gasteiger partial charge in [-0.3, -0.25) is 14.4 Å². The maximum absolute atomic E-state index is 12.7. The number of nitrogens with one attached hydrogen (secondary N) is 1. The molecule has 0 saturated carbocycles. The number of rotatable bonds is 6. The van der Waals surface area contributed by atoms with Crippen molar-refractivity contribution in [1.29, 1.82) is 0 Å². The molecule has 30 heavy (non-hydrogen) atoms. The fourth-order valence-electron chi connectivity index (χ4n) is 3.61. The largest absolute Gasteiger partial charge is 0.497 e. The van der Waals surface area contributed by atoms with Crippen LogP contribution in [0.4, 0.5) is 0 Å². The number of hydrogen-bond donors (Lipinski definition) is 1. The van der Waals surface area contributed by atoms with Crippen molar-refractivity contribution in [1.82, 2.24) is 10.2 Å². The van der Waals surface area contributed by atoms with Crippen molar-refractivity contribution in [3.63, 3.8) is 0 Å². The van der Waals surface area contributed by atoms with Gasteiger partial charge >= 0.3 is 0 Å². The molecule has 2 aromatic rings. The van der Waals surface area contributed by atoms with E-state index in [0.717, 1.165) is 0 Å². The minimum Gasteiger partial charge on any atom is -0.497 e. The second-order valence-corrected chi connectivity index (χ2v) is 7.77. The molecule has 1 heterocycles. The number of methoxy groups -OCH3 is 1. The number of benzene rings is 2. The van der Waals surface area contributed by atoms with Crippen LogP contribution in [-0.4, -0.2) is 48.7 Å². The van der Waals surface area contributed by atoms with Gasteiger partial charge in [0.2, 0.25) is 5.91 Å². The second-order valence-electron chi connectivity index (χ2n) is 7.37. The van der Waals surface area contributed by atoms with E-state index in [9.17, 15) is 14.4 Å². The lowest BCUT2D eigenvalue weighted by Crippen LogP contribution is -2.49. The van der Waals surface area contributed by atoms with Gasteiger partial charge in [0.15, 0.2) is 5.78 Å². The number of carbonyl (C=O) groups excluding carboxylic acids is 3. The maximum Gasteiger partial charge on any atom is 0.253 e. The molecule has 1 fully saturated rings. The molecule has 3 rings (SSSR count). The van der Waals surface area contributed by atoms with E-state index < -0.39 is 6.04 Å². The smallest absolute Gasteiger partial charge is 0.253 e. The first-order valence-corrected chi connectivity index (χ1v) is 10.3. The molecule has 0 radical (unpaired) electrons. The van der Waals surface area contributed by atoms with E-state index >= 15 is 0 Å². The molecule has 158 valence electrons. The first-order chi connectivity index (χ1) is 14.4. The van der Waals surface area contributed by atoms with Gasteiger partial charge in [-0.1, -0.05) is 23.7 Å². The summed E-state index contributed by atoms with van der Waals surface area (Å²) < 4.78 is 5.13. The van der Waals surface area contributed by atoms with Crippen LogP contribution in [0.15, 0.2) is 48.5 Å². The zero-order valence-electron chi connectivity index (χ0n) is 17.1. The molecule has 7 heteroatoms. The molecule has 1 atom stereocenters. The van der Waals surface area contributed by atoms with E-state index in [1.807, 2.05) is 0 Å². The highest BCUT2D eigenvalue weighted by Crippen LogP contribution is 2.23. The topological polar surface area (TPSA) is 75.7 Å². The number of carbonyl (C=O) groups is 3. The van der Waals surface area contributed by atoms with Gasteiger partial charge in [-0.05, 0) is 56.2 Å². The van der Waals surface area contributed by atoms with E-state index in [1.54, 1.807) is 67.5 Å². The molecule has 2 amide bonds. The van der Waals surface area contributed by atoms with Gasteiger partial charge in [-0.2, -0.15) is 0 Å².